The molecule has 28 heavy (non-hydrogen) atoms. The SMILES string of the molecule is CCOC(=O)N1CCC(N2C[C@@H](Cc3ccnc4ccccc34)[C@@H](O)C2)CC1. The van der Waals surface area contributed by atoms with E-state index in [4.69, 9.17) is 4.74 Å². The number of hydrogen-bond donors (Lipinski definition) is 1. The van der Waals surface area contributed by atoms with Gasteiger partial charge in [0.15, 0.2) is 0 Å². The molecule has 2 aliphatic rings. The van der Waals surface area contributed by atoms with Crippen molar-refractivity contribution in [3.63, 3.8) is 0 Å². The van der Waals surface area contributed by atoms with Crippen LogP contribution in [0.15, 0.2) is 36.5 Å². The van der Waals surface area contributed by atoms with Crippen molar-refractivity contribution in [3.8, 4) is 0 Å². The van der Waals surface area contributed by atoms with Crippen LogP contribution in [0.1, 0.15) is 25.3 Å². The number of ether oxygens (including phenoxy) is 1. The van der Waals surface area contributed by atoms with Crippen LogP contribution >= 0.6 is 0 Å². The molecule has 0 saturated carbocycles. The lowest BCUT2D eigenvalue weighted by Gasteiger charge is -2.36. The molecule has 3 heterocycles. The number of pyridine rings is 1. The molecule has 150 valence electrons. The molecule has 2 atom stereocenters. The summed E-state index contributed by atoms with van der Waals surface area (Å²) in [4.78, 5) is 20.5. The van der Waals surface area contributed by atoms with Gasteiger partial charge in [0, 0.05) is 49.7 Å². The first-order valence-electron chi connectivity index (χ1n) is 10.3. The third kappa shape index (κ3) is 3.98. The number of carbonyl (C=O) groups excluding carboxylic acids is 1. The van der Waals surface area contributed by atoms with Gasteiger partial charge in [-0.15, -0.1) is 0 Å². The Morgan fingerprint density at radius 1 is 1.21 bits per heavy atom. The summed E-state index contributed by atoms with van der Waals surface area (Å²) in [5, 5.41) is 11.9. The van der Waals surface area contributed by atoms with Gasteiger partial charge in [-0.05, 0) is 43.9 Å². The van der Waals surface area contributed by atoms with Crippen LogP contribution in [-0.4, -0.2) is 70.9 Å². The van der Waals surface area contributed by atoms with Gasteiger partial charge in [0.1, 0.15) is 0 Å². The standard InChI is InChI=1S/C22H29N3O3/c1-2-28-22(27)24-11-8-18(9-12-24)25-14-17(21(26)15-25)13-16-7-10-23-20-6-4-3-5-19(16)20/h3-7,10,17-18,21,26H,2,8-9,11-15H2,1H3/t17-,21+/m1/s1. The number of fused-ring (bicyclic) bond motifs is 1. The lowest BCUT2D eigenvalue weighted by atomic mass is 9.94. The number of aromatic nitrogens is 1. The van der Waals surface area contributed by atoms with Gasteiger partial charge in [-0.1, -0.05) is 18.2 Å². The van der Waals surface area contributed by atoms with Crippen molar-refractivity contribution >= 4 is 17.0 Å². The molecule has 0 radical (unpaired) electrons. The van der Waals surface area contributed by atoms with Crippen molar-refractivity contribution in [2.45, 2.75) is 38.3 Å². The first-order valence-corrected chi connectivity index (χ1v) is 10.3. The average molecular weight is 383 g/mol. The van der Waals surface area contributed by atoms with E-state index >= 15 is 0 Å². The number of likely N-dealkylation sites (tertiary alicyclic amines) is 2. The van der Waals surface area contributed by atoms with E-state index in [-0.39, 0.29) is 18.1 Å². The van der Waals surface area contributed by atoms with E-state index in [0.717, 1.165) is 51.0 Å². The molecular formula is C22H29N3O3. The zero-order valence-corrected chi connectivity index (χ0v) is 16.5. The molecule has 4 rings (SSSR count). The Labute approximate surface area is 166 Å². The van der Waals surface area contributed by atoms with Gasteiger partial charge in [0.2, 0.25) is 0 Å². The summed E-state index contributed by atoms with van der Waals surface area (Å²) in [6.07, 6.45) is 4.09. The normalized spacial score (nSPS) is 24.0. The second kappa shape index (κ2) is 8.45. The zero-order valence-electron chi connectivity index (χ0n) is 16.5. The summed E-state index contributed by atoms with van der Waals surface area (Å²) in [6, 6.07) is 10.7. The largest absolute Gasteiger partial charge is 0.450 e. The highest BCUT2D eigenvalue weighted by Gasteiger charge is 2.37. The topological polar surface area (TPSA) is 65.9 Å². The van der Waals surface area contributed by atoms with Gasteiger partial charge in [0.05, 0.1) is 18.2 Å². The van der Waals surface area contributed by atoms with Gasteiger partial charge in [0.25, 0.3) is 0 Å². The van der Waals surface area contributed by atoms with Gasteiger partial charge < -0.3 is 14.7 Å². The molecule has 2 aromatic rings. The lowest BCUT2D eigenvalue weighted by Crippen LogP contribution is -2.46. The van der Waals surface area contributed by atoms with Gasteiger partial charge >= 0.3 is 6.09 Å². The number of nitrogens with zero attached hydrogens (tertiary/aromatic N) is 3. The maximum atomic E-state index is 11.9. The number of amides is 1. The monoisotopic (exact) mass is 383 g/mol. The molecule has 2 saturated heterocycles. The fourth-order valence-electron chi connectivity index (χ4n) is 4.63. The average Bonchev–Trinajstić information content (AvgIpc) is 3.09. The quantitative estimate of drug-likeness (QED) is 0.879. The third-order valence-corrected chi connectivity index (χ3v) is 6.16. The molecule has 2 fully saturated rings. The van der Waals surface area contributed by atoms with E-state index in [2.05, 4.69) is 22.0 Å². The van der Waals surface area contributed by atoms with Crippen molar-refractivity contribution in [2.75, 3.05) is 32.8 Å². The number of carbonyl (C=O) groups is 1. The molecule has 1 aromatic heterocycles. The number of hydrogen-bond acceptors (Lipinski definition) is 5. The molecule has 1 aromatic carbocycles. The number of piperidine rings is 1. The Hall–Kier alpha value is -2.18. The minimum absolute atomic E-state index is 0.204. The van der Waals surface area contributed by atoms with Crippen molar-refractivity contribution in [3.05, 3.63) is 42.1 Å². The predicted octanol–water partition coefficient (Wildman–Crippen LogP) is 2.69. The molecule has 0 spiro atoms. The van der Waals surface area contributed by atoms with Crippen LogP contribution < -0.4 is 0 Å². The van der Waals surface area contributed by atoms with Crippen LogP contribution in [0.3, 0.4) is 0 Å². The van der Waals surface area contributed by atoms with E-state index in [9.17, 15) is 9.90 Å². The molecule has 1 N–H and O–H groups in total. The molecular weight excluding hydrogens is 354 g/mol. The number of benzene rings is 1. The van der Waals surface area contributed by atoms with E-state index in [0.29, 0.717) is 12.6 Å². The second-order valence-corrected chi connectivity index (χ2v) is 7.89. The van der Waals surface area contributed by atoms with Crippen molar-refractivity contribution in [1.82, 2.24) is 14.8 Å². The Morgan fingerprint density at radius 2 is 2.00 bits per heavy atom. The summed E-state index contributed by atoms with van der Waals surface area (Å²) >= 11 is 0. The predicted molar refractivity (Wildman–Crippen MR) is 108 cm³/mol. The first-order chi connectivity index (χ1) is 13.7. The Morgan fingerprint density at radius 3 is 2.79 bits per heavy atom. The smallest absolute Gasteiger partial charge is 0.409 e. The molecule has 0 aliphatic carbocycles. The number of aliphatic hydroxyl groups excluding tert-OH is 1. The highest BCUT2D eigenvalue weighted by Crippen LogP contribution is 2.29. The number of β-amino-alcohol motifs (C(OH)–C–C–N with tert-alkyl or cyclic N) is 1. The fraction of sp³-hybridized carbons (Fsp3) is 0.545. The summed E-state index contributed by atoms with van der Waals surface area (Å²) in [6.45, 7) is 5.34. The minimum Gasteiger partial charge on any atom is -0.450 e. The summed E-state index contributed by atoms with van der Waals surface area (Å²) in [5.41, 5.74) is 2.27. The van der Waals surface area contributed by atoms with Crippen LogP contribution in [-0.2, 0) is 11.2 Å². The van der Waals surface area contributed by atoms with Crippen LogP contribution in [0.25, 0.3) is 10.9 Å². The Balaban J connectivity index is 1.37. The van der Waals surface area contributed by atoms with E-state index in [1.807, 2.05) is 31.3 Å². The van der Waals surface area contributed by atoms with Crippen LogP contribution in [0.5, 0.6) is 0 Å². The van der Waals surface area contributed by atoms with Crippen molar-refractivity contribution in [2.24, 2.45) is 5.92 Å². The summed E-state index contributed by atoms with van der Waals surface area (Å²) < 4.78 is 5.11. The Bertz CT molecular complexity index is 814. The van der Waals surface area contributed by atoms with Crippen molar-refractivity contribution in [1.29, 1.82) is 0 Å². The maximum absolute atomic E-state index is 11.9. The molecule has 6 heteroatoms. The minimum atomic E-state index is -0.310. The van der Waals surface area contributed by atoms with Gasteiger partial charge in [-0.2, -0.15) is 0 Å². The lowest BCUT2D eigenvalue weighted by molar-refractivity contribution is 0.0762. The van der Waals surface area contributed by atoms with Crippen LogP contribution in [0, 0.1) is 5.92 Å². The zero-order chi connectivity index (χ0) is 19.5. The van der Waals surface area contributed by atoms with E-state index < -0.39 is 0 Å². The molecule has 1 amide bonds. The number of rotatable bonds is 4. The van der Waals surface area contributed by atoms with E-state index in [1.165, 1.54) is 10.9 Å². The highest BCUT2D eigenvalue weighted by atomic mass is 16.6. The number of para-hydroxylation sites is 1. The van der Waals surface area contributed by atoms with Crippen molar-refractivity contribution < 1.29 is 14.6 Å². The van der Waals surface area contributed by atoms with Crippen LogP contribution in [0.2, 0.25) is 0 Å². The van der Waals surface area contributed by atoms with Gasteiger partial charge in [-0.25, -0.2) is 4.79 Å². The third-order valence-electron chi connectivity index (χ3n) is 6.16. The molecule has 0 bridgehead atoms. The summed E-state index contributed by atoms with van der Waals surface area (Å²) in [7, 11) is 0. The van der Waals surface area contributed by atoms with E-state index in [1.54, 1.807) is 4.90 Å². The molecule has 6 nitrogen and oxygen atoms in total. The summed E-state index contributed by atoms with van der Waals surface area (Å²) in [5.74, 6) is 0.230. The van der Waals surface area contributed by atoms with Crippen LogP contribution in [0.4, 0.5) is 4.79 Å². The fourth-order valence-corrected chi connectivity index (χ4v) is 4.63. The highest BCUT2D eigenvalue weighted by molar-refractivity contribution is 5.81. The Kier molecular flexibility index (Phi) is 5.78. The molecule has 2 aliphatic heterocycles. The second-order valence-electron chi connectivity index (χ2n) is 7.89. The first kappa shape index (κ1) is 19.2. The number of aliphatic hydroxyl groups is 1. The molecule has 0 unspecified atom stereocenters. The van der Waals surface area contributed by atoms with Gasteiger partial charge in [-0.3, -0.25) is 9.88 Å². The maximum Gasteiger partial charge on any atom is 0.409 e.